The number of unbranched alkanes of at least 4 members (excludes halogenated alkanes) is 3. The lowest BCUT2D eigenvalue weighted by atomic mass is 10.1. The van der Waals surface area contributed by atoms with Gasteiger partial charge in [0.25, 0.3) is 0 Å². The molecule has 2 aromatic heterocycles. The highest BCUT2D eigenvalue weighted by atomic mass is 16.5. The molecule has 264 valence electrons. The minimum Gasteiger partial charge on any atom is -0.464 e. The average Bonchev–Trinajstić information content (AvgIpc) is 3.41. The molecule has 4 rings (SSSR count). The van der Waals surface area contributed by atoms with Crippen LogP contribution >= 0.6 is 0 Å². The Morgan fingerprint density at radius 3 is 2.54 bits per heavy atom. The zero-order valence-corrected chi connectivity index (χ0v) is 28.9. The van der Waals surface area contributed by atoms with E-state index >= 15 is 0 Å². The zero-order valence-electron chi connectivity index (χ0n) is 28.9. The fraction of sp³-hybridized carbons (Fsp3) is 0.629. The normalized spacial score (nSPS) is 13.7. The van der Waals surface area contributed by atoms with Gasteiger partial charge in [0.15, 0.2) is 11.5 Å². The minimum atomic E-state index is -0.316. The van der Waals surface area contributed by atoms with Crippen molar-refractivity contribution in [2.24, 2.45) is 0 Å². The summed E-state index contributed by atoms with van der Waals surface area (Å²) in [6.07, 6.45) is 6.77. The van der Waals surface area contributed by atoms with Crippen LogP contribution in [0.4, 0.5) is 5.82 Å². The molecule has 0 saturated carbocycles. The number of amides is 1. The number of carbonyl (C=O) groups is 2. The molecule has 3 aromatic rings. The first-order valence-corrected chi connectivity index (χ1v) is 17.6. The number of rotatable bonds is 21. The quantitative estimate of drug-likeness (QED) is 0.122. The average molecular weight is 668 g/mol. The fourth-order valence-corrected chi connectivity index (χ4v) is 5.81. The van der Waals surface area contributed by atoms with Crippen LogP contribution in [-0.2, 0) is 27.4 Å². The van der Waals surface area contributed by atoms with Gasteiger partial charge in [-0.2, -0.15) is 9.97 Å². The van der Waals surface area contributed by atoms with E-state index in [0.29, 0.717) is 55.9 Å². The summed E-state index contributed by atoms with van der Waals surface area (Å²) < 4.78 is 18.1. The lowest BCUT2D eigenvalue weighted by Gasteiger charge is -2.28. The number of fused-ring (bicyclic) bond motifs is 1. The number of nitrogens with zero attached hydrogens (tertiary/aromatic N) is 5. The summed E-state index contributed by atoms with van der Waals surface area (Å²) >= 11 is 0. The van der Waals surface area contributed by atoms with Crippen molar-refractivity contribution < 1.29 is 23.8 Å². The van der Waals surface area contributed by atoms with Crippen molar-refractivity contribution in [3.63, 3.8) is 0 Å². The van der Waals surface area contributed by atoms with E-state index in [1.54, 1.807) is 10.6 Å². The van der Waals surface area contributed by atoms with E-state index in [4.69, 9.17) is 14.2 Å². The molecule has 0 aliphatic carbocycles. The van der Waals surface area contributed by atoms with Crippen LogP contribution in [0.25, 0.3) is 11.2 Å². The number of aromatic amines is 1. The third kappa shape index (κ3) is 11.4. The number of carbonyl (C=O) groups excluding carboxylic acids is 2. The monoisotopic (exact) mass is 667 g/mol. The number of aromatic nitrogens is 4. The van der Waals surface area contributed by atoms with Gasteiger partial charge < -0.3 is 24.5 Å². The van der Waals surface area contributed by atoms with Crippen LogP contribution in [-0.4, -0.2) is 100 Å². The van der Waals surface area contributed by atoms with Gasteiger partial charge >= 0.3 is 17.7 Å². The number of esters is 1. The Morgan fingerprint density at radius 1 is 1.00 bits per heavy atom. The summed E-state index contributed by atoms with van der Waals surface area (Å²) in [5.74, 6) is -0.212. The number of H-pyrrole nitrogens is 1. The van der Waals surface area contributed by atoms with Crippen molar-refractivity contribution in [1.29, 1.82) is 0 Å². The largest absolute Gasteiger partial charge is 0.464 e. The van der Waals surface area contributed by atoms with Crippen LogP contribution in [0.3, 0.4) is 0 Å². The lowest BCUT2D eigenvalue weighted by molar-refractivity contribution is -0.116. The maximum absolute atomic E-state index is 13.2. The molecule has 2 N–H and O–H groups in total. The second-order valence-corrected chi connectivity index (χ2v) is 12.2. The first-order chi connectivity index (χ1) is 23.4. The Bertz CT molecular complexity index is 1500. The predicted molar refractivity (Wildman–Crippen MR) is 185 cm³/mol. The van der Waals surface area contributed by atoms with E-state index in [-0.39, 0.29) is 29.4 Å². The molecule has 0 radical (unpaired) electrons. The molecule has 13 nitrogen and oxygen atoms in total. The molecule has 0 spiro atoms. The Hall–Kier alpha value is -3.81. The van der Waals surface area contributed by atoms with E-state index in [0.717, 1.165) is 90.0 Å². The maximum Gasteiger partial charge on any atom is 0.338 e. The van der Waals surface area contributed by atoms with Crippen molar-refractivity contribution in [1.82, 2.24) is 29.3 Å². The van der Waals surface area contributed by atoms with Crippen LogP contribution in [0.1, 0.15) is 88.1 Å². The molecule has 0 unspecified atom stereocenters. The van der Waals surface area contributed by atoms with Crippen LogP contribution in [0, 0.1) is 0 Å². The van der Waals surface area contributed by atoms with Gasteiger partial charge in [-0.05, 0) is 63.4 Å². The summed E-state index contributed by atoms with van der Waals surface area (Å²) in [5, 5.41) is 2.87. The summed E-state index contributed by atoms with van der Waals surface area (Å²) in [6, 6.07) is 7.73. The van der Waals surface area contributed by atoms with Crippen molar-refractivity contribution in [2.75, 3.05) is 64.5 Å². The van der Waals surface area contributed by atoms with Gasteiger partial charge in [0.05, 0.1) is 32.0 Å². The fourth-order valence-electron chi connectivity index (χ4n) is 5.81. The zero-order chi connectivity index (χ0) is 34.1. The molecule has 48 heavy (non-hydrogen) atoms. The van der Waals surface area contributed by atoms with E-state index in [1.807, 2.05) is 32.0 Å². The van der Waals surface area contributed by atoms with Crippen molar-refractivity contribution in [3.8, 4) is 6.01 Å². The van der Waals surface area contributed by atoms with E-state index in [2.05, 4.69) is 37.0 Å². The minimum absolute atomic E-state index is 0.112. The molecule has 1 saturated heterocycles. The summed E-state index contributed by atoms with van der Waals surface area (Å²) in [5.41, 5.74) is 2.05. The van der Waals surface area contributed by atoms with Crippen LogP contribution in [0.2, 0.25) is 0 Å². The Labute approximate surface area is 283 Å². The highest BCUT2D eigenvalue weighted by Gasteiger charge is 2.19. The number of anilines is 1. The number of morpholine rings is 1. The van der Waals surface area contributed by atoms with Crippen LogP contribution in [0.5, 0.6) is 6.01 Å². The number of benzene rings is 1. The number of ether oxygens (including phenoxy) is 3. The van der Waals surface area contributed by atoms with Gasteiger partial charge in [-0.15, -0.1) is 0 Å². The lowest BCUT2D eigenvalue weighted by Crippen LogP contribution is -2.38. The number of aryl methyl sites for hydroxylation is 1. The molecule has 0 atom stereocenters. The molecule has 1 aliphatic heterocycles. The van der Waals surface area contributed by atoms with Crippen LogP contribution < -0.4 is 15.7 Å². The van der Waals surface area contributed by atoms with E-state index < -0.39 is 0 Å². The Balaban J connectivity index is 1.46. The van der Waals surface area contributed by atoms with Gasteiger partial charge in [0.1, 0.15) is 5.52 Å². The molecule has 13 heteroatoms. The molecule has 0 bridgehead atoms. The highest BCUT2D eigenvalue weighted by molar-refractivity contribution is 5.97. The van der Waals surface area contributed by atoms with Gasteiger partial charge in [-0.3, -0.25) is 19.2 Å². The smallest absolute Gasteiger partial charge is 0.338 e. The topological polar surface area (TPSA) is 144 Å². The maximum atomic E-state index is 13.2. The molecule has 1 aliphatic rings. The molecular weight excluding hydrogens is 614 g/mol. The highest BCUT2D eigenvalue weighted by Crippen LogP contribution is 2.22. The Kier molecular flexibility index (Phi) is 15.3. The molecule has 1 aromatic carbocycles. The third-order valence-electron chi connectivity index (χ3n) is 8.31. The second kappa shape index (κ2) is 19.9. The molecular formula is C35H53N7O6. The summed E-state index contributed by atoms with van der Waals surface area (Å²) in [4.78, 5) is 55.0. The number of hydrogen-bond acceptors (Lipinski definition) is 10. The SMILES string of the molecule is CCCCCCC(=O)Nc1nc(OCC)nc2c1[nH]c(=O)n2CCCN(CCCN1CCOCC1)Cc1cccc(C(=O)OCCC)c1. The van der Waals surface area contributed by atoms with E-state index in [9.17, 15) is 14.4 Å². The first-order valence-electron chi connectivity index (χ1n) is 17.6. The predicted octanol–water partition coefficient (Wildman–Crippen LogP) is 4.61. The van der Waals surface area contributed by atoms with Gasteiger partial charge in [-0.1, -0.05) is 45.2 Å². The van der Waals surface area contributed by atoms with Gasteiger partial charge in [-0.25, -0.2) is 9.59 Å². The standard InChI is InChI=1S/C35H53N7O6/c1-4-7-8-9-15-29(43)36-31-30-32(39-34(38-31)47-6-3)42(35(45)37-30)19-12-18-41(17-11-16-40-20-23-46-24-21-40)26-27-13-10-14-28(25-27)33(44)48-22-5-2/h10,13-14,25H,4-9,11-12,15-24,26H2,1-3H3,(H,37,45)(H,36,38,39,43). The molecule has 1 amide bonds. The van der Waals surface area contributed by atoms with Crippen molar-refractivity contribution in [2.45, 2.75) is 85.2 Å². The number of nitrogens with one attached hydrogen (secondary N) is 2. The van der Waals surface area contributed by atoms with Crippen molar-refractivity contribution in [3.05, 3.63) is 45.9 Å². The van der Waals surface area contributed by atoms with Crippen LogP contribution in [0.15, 0.2) is 29.1 Å². The van der Waals surface area contributed by atoms with Gasteiger partial charge in [0, 0.05) is 39.1 Å². The number of imidazole rings is 1. The Morgan fingerprint density at radius 2 is 1.79 bits per heavy atom. The molecule has 3 heterocycles. The van der Waals surface area contributed by atoms with E-state index in [1.165, 1.54) is 0 Å². The summed E-state index contributed by atoms with van der Waals surface area (Å²) in [7, 11) is 0. The molecule has 1 fully saturated rings. The number of hydrogen-bond donors (Lipinski definition) is 2. The second-order valence-electron chi connectivity index (χ2n) is 12.2. The van der Waals surface area contributed by atoms with Crippen molar-refractivity contribution >= 4 is 28.9 Å². The van der Waals surface area contributed by atoms with Gasteiger partial charge in [0.2, 0.25) is 5.91 Å². The third-order valence-corrected chi connectivity index (χ3v) is 8.31. The summed E-state index contributed by atoms with van der Waals surface area (Å²) in [6.45, 7) is 13.7. The first kappa shape index (κ1) is 37.0.